The zero-order valence-electron chi connectivity index (χ0n) is 9.56. The van der Waals surface area contributed by atoms with Crippen LogP contribution in [0.2, 0.25) is 0 Å². The molecule has 2 fully saturated rings. The Morgan fingerprint density at radius 2 is 1.88 bits per heavy atom. The minimum absolute atomic E-state index is 0.151. The predicted octanol–water partition coefficient (Wildman–Crippen LogP) is 1.83. The van der Waals surface area contributed by atoms with Gasteiger partial charge >= 0.3 is 5.97 Å². The van der Waals surface area contributed by atoms with Gasteiger partial charge in [0.25, 0.3) is 0 Å². The lowest BCUT2D eigenvalue weighted by Crippen LogP contribution is -2.33. The second-order valence-corrected chi connectivity index (χ2v) is 4.79. The first-order chi connectivity index (χ1) is 7.75. The molecule has 0 aromatic heterocycles. The lowest BCUT2D eigenvalue weighted by atomic mass is 9.87. The van der Waals surface area contributed by atoms with Crippen LogP contribution < -0.4 is 0 Å². The molecule has 1 N–H and O–H groups in total. The Hall–Kier alpha value is -0.610. The molecule has 1 atom stereocenters. The Bertz CT molecular complexity index is 227. The Kier molecular flexibility index (Phi) is 4.18. The van der Waals surface area contributed by atoms with Crippen LogP contribution in [0.15, 0.2) is 0 Å². The summed E-state index contributed by atoms with van der Waals surface area (Å²) in [5.41, 5.74) is 0. The van der Waals surface area contributed by atoms with E-state index in [9.17, 15) is 4.79 Å². The molecule has 1 aliphatic carbocycles. The van der Waals surface area contributed by atoms with Crippen LogP contribution in [0.5, 0.6) is 0 Å². The van der Waals surface area contributed by atoms with Gasteiger partial charge in [0.2, 0.25) is 0 Å². The van der Waals surface area contributed by atoms with Gasteiger partial charge in [-0.3, -0.25) is 4.79 Å². The molecule has 92 valence electrons. The average molecular weight is 228 g/mol. The standard InChI is InChI=1S/C12H20O4/c13-12(14)9-3-5-10(6-4-9)16-11-2-1-7-15-8-11/h9-11H,1-8H2,(H,13,14). The fourth-order valence-electron chi connectivity index (χ4n) is 2.54. The molecule has 4 nitrogen and oxygen atoms in total. The summed E-state index contributed by atoms with van der Waals surface area (Å²) in [6.07, 6.45) is 5.93. The van der Waals surface area contributed by atoms with Crippen molar-refractivity contribution in [1.29, 1.82) is 0 Å². The van der Waals surface area contributed by atoms with Crippen LogP contribution >= 0.6 is 0 Å². The van der Waals surface area contributed by atoms with Crippen molar-refractivity contribution in [2.45, 2.75) is 50.7 Å². The lowest BCUT2D eigenvalue weighted by molar-refractivity contribution is -0.145. The molecule has 1 saturated heterocycles. The number of hydrogen-bond donors (Lipinski definition) is 1. The molecule has 0 aromatic rings. The van der Waals surface area contributed by atoms with Gasteiger partial charge < -0.3 is 14.6 Å². The summed E-state index contributed by atoms with van der Waals surface area (Å²) in [4.78, 5) is 10.8. The molecule has 4 heteroatoms. The van der Waals surface area contributed by atoms with Crippen LogP contribution in [-0.2, 0) is 14.3 Å². The van der Waals surface area contributed by atoms with Gasteiger partial charge in [0.1, 0.15) is 0 Å². The number of hydrogen-bond acceptors (Lipinski definition) is 3. The predicted molar refractivity (Wildman–Crippen MR) is 58.3 cm³/mol. The summed E-state index contributed by atoms with van der Waals surface area (Å²) < 4.78 is 11.3. The smallest absolute Gasteiger partial charge is 0.306 e. The topological polar surface area (TPSA) is 55.8 Å². The van der Waals surface area contributed by atoms with E-state index in [0.717, 1.165) is 45.1 Å². The number of rotatable bonds is 3. The molecular formula is C12H20O4. The molecule has 0 spiro atoms. The third-order valence-electron chi connectivity index (χ3n) is 3.53. The zero-order valence-corrected chi connectivity index (χ0v) is 9.56. The van der Waals surface area contributed by atoms with Gasteiger partial charge in [0.05, 0.1) is 24.7 Å². The minimum Gasteiger partial charge on any atom is -0.481 e. The number of carboxylic acid groups (broad SMARTS) is 1. The normalized spacial score (nSPS) is 35.9. The summed E-state index contributed by atoms with van der Waals surface area (Å²) >= 11 is 0. The van der Waals surface area contributed by atoms with E-state index in [1.165, 1.54) is 0 Å². The van der Waals surface area contributed by atoms with E-state index in [2.05, 4.69) is 0 Å². The maximum Gasteiger partial charge on any atom is 0.306 e. The van der Waals surface area contributed by atoms with Crippen molar-refractivity contribution >= 4 is 5.97 Å². The Morgan fingerprint density at radius 3 is 2.44 bits per heavy atom. The van der Waals surface area contributed by atoms with Gasteiger partial charge in [-0.05, 0) is 38.5 Å². The van der Waals surface area contributed by atoms with E-state index in [0.29, 0.717) is 6.61 Å². The lowest BCUT2D eigenvalue weighted by Gasteiger charge is -2.31. The van der Waals surface area contributed by atoms with Crippen molar-refractivity contribution in [3.05, 3.63) is 0 Å². The second kappa shape index (κ2) is 5.64. The van der Waals surface area contributed by atoms with Crippen LogP contribution in [0.1, 0.15) is 38.5 Å². The van der Waals surface area contributed by atoms with E-state index in [-0.39, 0.29) is 18.1 Å². The highest BCUT2D eigenvalue weighted by molar-refractivity contribution is 5.70. The minimum atomic E-state index is -0.653. The van der Waals surface area contributed by atoms with E-state index in [1.54, 1.807) is 0 Å². The third kappa shape index (κ3) is 3.19. The van der Waals surface area contributed by atoms with Crippen molar-refractivity contribution in [3.63, 3.8) is 0 Å². The van der Waals surface area contributed by atoms with Crippen molar-refractivity contribution in [2.24, 2.45) is 5.92 Å². The van der Waals surface area contributed by atoms with Crippen molar-refractivity contribution in [2.75, 3.05) is 13.2 Å². The first-order valence-corrected chi connectivity index (χ1v) is 6.21. The van der Waals surface area contributed by atoms with Crippen molar-refractivity contribution in [1.82, 2.24) is 0 Å². The van der Waals surface area contributed by atoms with Crippen LogP contribution in [0.4, 0.5) is 0 Å². The highest BCUT2D eigenvalue weighted by Crippen LogP contribution is 2.28. The Labute approximate surface area is 95.9 Å². The van der Waals surface area contributed by atoms with E-state index < -0.39 is 5.97 Å². The summed E-state index contributed by atoms with van der Waals surface area (Å²) in [5, 5.41) is 8.89. The Morgan fingerprint density at radius 1 is 1.12 bits per heavy atom. The summed E-state index contributed by atoms with van der Waals surface area (Å²) in [5.74, 6) is -0.804. The zero-order chi connectivity index (χ0) is 11.4. The average Bonchev–Trinajstić information content (AvgIpc) is 2.31. The SMILES string of the molecule is O=C(O)C1CCC(OC2CCCOC2)CC1. The molecule has 16 heavy (non-hydrogen) atoms. The molecule has 0 aromatic carbocycles. The molecule has 2 rings (SSSR count). The fourth-order valence-corrected chi connectivity index (χ4v) is 2.54. The number of carboxylic acids is 1. The molecule has 2 aliphatic rings. The fraction of sp³-hybridized carbons (Fsp3) is 0.917. The molecule has 1 heterocycles. The second-order valence-electron chi connectivity index (χ2n) is 4.79. The van der Waals surface area contributed by atoms with Gasteiger partial charge in [-0.2, -0.15) is 0 Å². The van der Waals surface area contributed by atoms with Gasteiger partial charge in [0.15, 0.2) is 0 Å². The molecule has 0 bridgehead atoms. The van der Waals surface area contributed by atoms with E-state index >= 15 is 0 Å². The summed E-state index contributed by atoms with van der Waals surface area (Å²) in [6, 6.07) is 0. The molecular weight excluding hydrogens is 208 g/mol. The van der Waals surface area contributed by atoms with Crippen LogP contribution in [0.25, 0.3) is 0 Å². The molecule has 1 saturated carbocycles. The number of aliphatic carboxylic acids is 1. The van der Waals surface area contributed by atoms with Crippen molar-refractivity contribution in [3.8, 4) is 0 Å². The maximum atomic E-state index is 10.8. The van der Waals surface area contributed by atoms with Gasteiger partial charge in [-0.25, -0.2) is 0 Å². The van der Waals surface area contributed by atoms with Gasteiger partial charge in [-0.1, -0.05) is 0 Å². The first kappa shape index (κ1) is 11.9. The largest absolute Gasteiger partial charge is 0.481 e. The molecule has 0 amide bonds. The molecule has 0 radical (unpaired) electrons. The van der Waals surface area contributed by atoms with Gasteiger partial charge in [-0.15, -0.1) is 0 Å². The highest BCUT2D eigenvalue weighted by atomic mass is 16.5. The summed E-state index contributed by atoms with van der Waals surface area (Å²) in [6.45, 7) is 1.56. The highest BCUT2D eigenvalue weighted by Gasteiger charge is 2.28. The molecule has 1 unspecified atom stereocenters. The van der Waals surface area contributed by atoms with E-state index in [4.69, 9.17) is 14.6 Å². The number of carbonyl (C=O) groups is 1. The summed E-state index contributed by atoms with van der Waals surface area (Å²) in [7, 11) is 0. The van der Waals surface area contributed by atoms with Crippen LogP contribution in [0.3, 0.4) is 0 Å². The monoisotopic (exact) mass is 228 g/mol. The Balaban J connectivity index is 1.70. The number of ether oxygens (including phenoxy) is 2. The quantitative estimate of drug-likeness (QED) is 0.800. The maximum absolute atomic E-state index is 10.8. The third-order valence-corrected chi connectivity index (χ3v) is 3.53. The van der Waals surface area contributed by atoms with Gasteiger partial charge in [0, 0.05) is 6.61 Å². The van der Waals surface area contributed by atoms with Crippen molar-refractivity contribution < 1.29 is 19.4 Å². The molecule has 1 aliphatic heterocycles. The van der Waals surface area contributed by atoms with Crippen LogP contribution in [0, 0.1) is 5.92 Å². The van der Waals surface area contributed by atoms with Crippen LogP contribution in [-0.4, -0.2) is 36.5 Å². The first-order valence-electron chi connectivity index (χ1n) is 6.21. The van der Waals surface area contributed by atoms with E-state index in [1.807, 2.05) is 0 Å².